The molecule has 0 aliphatic carbocycles. The van der Waals surface area contributed by atoms with Crippen molar-refractivity contribution in [2.45, 2.75) is 39.3 Å². The summed E-state index contributed by atoms with van der Waals surface area (Å²) in [5.41, 5.74) is 4.26. The monoisotopic (exact) mass is 257 g/mol. The molecular formula is C12H23N3O3. The number of carbonyl (C=O) groups is 2. The molecule has 0 aromatic rings. The van der Waals surface area contributed by atoms with Gasteiger partial charge < -0.3 is 21.1 Å². The molecule has 4 N–H and O–H groups in total. The second-order valence-corrected chi connectivity index (χ2v) is 5.68. The summed E-state index contributed by atoms with van der Waals surface area (Å²) < 4.78 is 0. The second kappa shape index (κ2) is 5.14. The van der Waals surface area contributed by atoms with Gasteiger partial charge in [0.25, 0.3) is 0 Å². The number of β-amino-alcohol motifs (C(OH)–C–C–N with tert-alkyl or cyclic N) is 1. The Bertz CT molecular complexity index is 335. The molecule has 6 nitrogen and oxygen atoms in total. The first-order chi connectivity index (χ1) is 8.17. The zero-order chi connectivity index (χ0) is 14.1. The first-order valence-corrected chi connectivity index (χ1v) is 6.24. The molecule has 1 aliphatic heterocycles. The van der Waals surface area contributed by atoms with E-state index in [1.807, 2.05) is 27.7 Å². The van der Waals surface area contributed by atoms with E-state index in [1.165, 1.54) is 0 Å². The molecule has 1 heterocycles. The van der Waals surface area contributed by atoms with Crippen molar-refractivity contribution in [1.29, 1.82) is 0 Å². The molecule has 0 spiro atoms. The van der Waals surface area contributed by atoms with E-state index in [0.717, 1.165) is 0 Å². The zero-order valence-corrected chi connectivity index (χ0v) is 11.4. The third-order valence-electron chi connectivity index (χ3n) is 3.55. The molecule has 0 aromatic carbocycles. The summed E-state index contributed by atoms with van der Waals surface area (Å²) in [4.78, 5) is 24.6. The summed E-state index contributed by atoms with van der Waals surface area (Å²) in [5.74, 6) is -0.130. The zero-order valence-electron chi connectivity index (χ0n) is 11.4. The second-order valence-electron chi connectivity index (χ2n) is 5.68. The third-order valence-corrected chi connectivity index (χ3v) is 3.55. The molecule has 1 saturated heterocycles. The van der Waals surface area contributed by atoms with Gasteiger partial charge in [-0.3, -0.25) is 4.79 Å². The first-order valence-electron chi connectivity index (χ1n) is 6.24. The van der Waals surface area contributed by atoms with Gasteiger partial charge in [-0.05, 0) is 11.8 Å². The quantitative estimate of drug-likeness (QED) is 0.656. The van der Waals surface area contributed by atoms with Crippen LogP contribution >= 0.6 is 0 Å². The minimum Gasteiger partial charge on any atom is -0.386 e. The van der Waals surface area contributed by atoms with Gasteiger partial charge in [-0.15, -0.1) is 0 Å². The van der Waals surface area contributed by atoms with Crippen molar-refractivity contribution in [2.75, 3.05) is 13.1 Å². The Labute approximate surface area is 108 Å². The van der Waals surface area contributed by atoms with Crippen LogP contribution in [0.5, 0.6) is 0 Å². The molecule has 0 radical (unpaired) electrons. The lowest BCUT2D eigenvalue weighted by Crippen LogP contribution is -2.69. The van der Waals surface area contributed by atoms with Crippen LogP contribution in [0.1, 0.15) is 27.7 Å². The lowest BCUT2D eigenvalue weighted by atomic mass is 9.82. The van der Waals surface area contributed by atoms with E-state index in [9.17, 15) is 14.7 Å². The Morgan fingerprint density at radius 1 is 1.28 bits per heavy atom. The van der Waals surface area contributed by atoms with Crippen molar-refractivity contribution in [3.8, 4) is 0 Å². The van der Waals surface area contributed by atoms with Crippen LogP contribution in [-0.2, 0) is 4.79 Å². The number of nitrogens with zero attached hydrogens (tertiary/aromatic N) is 1. The number of urea groups is 1. The summed E-state index contributed by atoms with van der Waals surface area (Å²) in [7, 11) is 0. The van der Waals surface area contributed by atoms with Crippen LogP contribution in [0.15, 0.2) is 0 Å². The Balaban J connectivity index is 2.62. The normalized spacial score (nSPS) is 19.6. The van der Waals surface area contributed by atoms with Crippen molar-refractivity contribution in [1.82, 2.24) is 10.2 Å². The van der Waals surface area contributed by atoms with E-state index in [-0.39, 0.29) is 17.7 Å². The van der Waals surface area contributed by atoms with E-state index in [4.69, 9.17) is 5.73 Å². The van der Waals surface area contributed by atoms with Gasteiger partial charge in [0.2, 0.25) is 5.91 Å². The average molecular weight is 257 g/mol. The lowest BCUT2D eigenvalue weighted by Gasteiger charge is -2.50. The Morgan fingerprint density at radius 2 is 1.78 bits per heavy atom. The highest BCUT2D eigenvalue weighted by Gasteiger charge is 2.47. The highest BCUT2D eigenvalue weighted by atomic mass is 16.3. The maximum Gasteiger partial charge on any atom is 0.312 e. The van der Waals surface area contributed by atoms with Crippen molar-refractivity contribution in [3.63, 3.8) is 0 Å². The van der Waals surface area contributed by atoms with E-state index in [2.05, 4.69) is 5.32 Å². The van der Waals surface area contributed by atoms with Gasteiger partial charge in [0.1, 0.15) is 11.6 Å². The van der Waals surface area contributed by atoms with Gasteiger partial charge in [-0.25, -0.2) is 4.79 Å². The minimum absolute atomic E-state index is 0.0438. The number of hydrogen-bond acceptors (Lipinski definition) is 3. The van der Waals surface area contributed by atoms with Crippen LogP contribution in [0.4, 0.5) is 4.79 Å². The third kappa shape index (κ3) is 2.93. The van der Waals surface area contributed by atoms with E-state index in [0.29, 0.717) is 13.1 Å². The molecule has 18 heavy (non-hydrogen) atoms. The van der Waals surface area contributed by atoms with Crippen molar-refractivity contribution < 1.29 is 14.7 Å². The van der Waals surface area contributed by atoms with Crippen LogP contribution in [-0.4, -0.2) is 46.7 Å². The lowest BCUT2D eigenvalue weighted by molar-refractivity contribution is -0.166. The topological polar surface area (TPSA) is 95.7 Å². The van der Waals surface area contributed by atoms with E-state index < -0.39 is 17.7 Å². The fourth-order valence-corrected chi connectivity index (χ4v) is 2.00. The summed E-state index contributed by atoms with van der Waals surface area (Å²) in [5, 5.41) is 12.6. The van der Waals surface area contributed by atoms with Crippen LogP contribution in [0, 0.1) is 11.8 Å². The molecule has 0 bridgehead atoms. The predicted octanol–water partition coefficient (Wildman–Crippen LogP) is -0.0914. The van der Waals surface area contributed by atoms with Crippen LogP contribution < -0.4 is 11.1 Å². The maximum absolute atomic E-state index is 12.2. The van der Waals surface area contributed by atoms with E-state index >= 15 is 0 Å². The molecule has 104 valence electrons. The molecule has 0 saturated carbocycles. The van der Waals surface area contributed by atoms with Crippen LogP contribution in [0.25, 0.3) is 0 Å². The van der Waals surface area contributed by atoms with Gasteiger partial charge in [0.05, 0.1) is 13.1 Å². The predicted molar refractivity (Wildman–Crippen MR) is 67.7 cm³/mol. The number of likely N-dealkylation sites (tertiary alicyclic amines) is 1. The number of rotatable bonds is 4. The Hall–Kier alpha value is -1.30. The summed E-state index contributed by atoms with van der Waals surface area (Å²) in [6.07, 6.45) is 0. The number of hydrogen-bond donors (Lipinski definition) is 3. The molecule has 3 amide bonds. The molecular weight excluding hydrogens is 234 g/mol. The number of amides is 3. The molecule has 1 atom stereocenters. The SMILES string of the molecule is CC(C)C(NC(N)=O)C(=O)N1CC(O)(C(C)C)C1. The van der Waals surface area contributed by atoms with Gasteiger partial charge in [0, 0.05) is 0 Å². The highest BCUT2D eigenvalue weighted by molar-refractivity contribution is 5.87. The van der Waals surface area contributed by atoms with Gasteiger partial charge in [-0.1, -0.05) is 27.7 Å². The summed E-state index contributed by atoms with van der Waals surface area (Å²) in [6, 6.07) is -1.33. The van der Waals surface area contributed by atoms with Gasteiger partial charge in [0.15, 0.2) is 0 Å². The maximum atomic E-state index is 12.2. The average Bonchev–Trinajstić information content (AvgIpc) is 2.19. The van der Waals surface area contributed by atoms with Crippen LogP contribution in [0.3, 0.4) is 0 Å². The number of primary amides is 1. The molecule has 6 heteroatoms. The van der Waals surface area contributed by atoms with Crippen molar-refractivity contribution >= 4 is 11.9 Å². The Kier molecular flexibility index (Phi) is 4.21. The molecule has 1 unspecified atom stereocenters. The highest BCUT2D eigenvalue weighted by Crippen LogP contribution is 2.29. The smallest absolute Gasteiger partial charge is 0.312 e. The first kappa shape index (κ1) is 14.8. The number of carbonyl (C=O) groups excluding carboxylic acids is 2. The molecule has 1 aliphatic rings. The fourth-order valence-electron chi connectivity index (χ4n) is 2.00. The largest absolute Gasteiger partial charge is 0.386 e. The molecule has 1 fully saturated rings. The summed E-state index contributed by atoms with van der Waals surface area (Å²) >= 11 is 0. The van der Waals surface area contributed by atoms with Gasteiger partial charge >= 0.3 is 6.03 Å². The van der Waals surface area contributed by atoms with Crippen LogP contribution in [0.2, 0.25) is 0 Å². The number of nitrogens with one attached hydrogen (secondary N) is 1. The standard InChI is InChI=1S/C12H23N3O3/c1-7(2)9(14-11(13)17)10(16)15-5-12(18,6-15)8(3)4/h7-9,18H,5-6H2,1-4H3,(H3,13,14,17). The minimum atomic E-state index is -0.802. The number of aliphatic hydroxyl groups is 1. The van der Waals surface area contributed by atoms with Crippen molar-refractivity contribution in [2.24, 2.45) is 17.6 Å². The molecule has 0 aromatic heterocycles. The van der Waals surface area contributed by atoms with Gasteiger partial charge in [-0.2, -0.15) is 0 Å². The Morgan fingerprint density at radius 3 is 2.11 bits per heavy atom. The number of nitrogens with two attached hydrogens (primary N) is 1. The molecule has 1 rings (SSSR count). The fraction of sp³-hybridized carbons (Fsp3) is 0.833. The van der Waals surface area contributed by atoms with Crippen molar-refractivity contribution in [3.05, 3.63) is 0 Å². The van der Waals surface area contributed by atoms with E-state index in [1.54, 1.807) is 4.90 Å². The summed E-state index contributed by atoms with van der Waals surface area (Å²) in [6.45, 7) is 8.15.